The van der Waals surface area contributed by atoms with Crippen LogP contribution in [0.25, 0.3) is 0 Å². The van der Waals surface area contributed by atoms with Gasteiger partial charge in [0.2, 0.25) is 0 Å². The number of carbonyl (C=O) groups is 2. The molecule has 0 saturated carbocycles. The Morgan fingerprint density at radius 1 is 0.756 bits per heavy atom. The summed E-state index contributed by atoms with van der Waals surface area (Å²) < 4.78 is 33.4. The number of ether oxygens (including phenoxy) is 2. The number of nitrogens with one attached hydrogen (secondary N) is 1. The number of nitrogens with zero attached hydrogens (tertiary/aromatic N) is 1. The number of hydrogen-bond donors (Lipinski definition) is 2. The SMILES string of the molecule is CCCCCCCCCCC(=O)OC[C@@H](COP(=O)(O)OCC[N+](C)(C)C=N)OC(=O)CCCCCCCCCC. The summed E-state index contributed by atoms with van der Waals surface area (Å²) in [5.41, 5.74) is 0. The molecular weight excluding hydrogens is 547 g/mol. The number of carbonyl (C=O) groups excluding carboxylic acids is 2. The van der Waals surface area contributed by atoms with Crippen molar-refractivity contribution in [2.75, 3.05) is 40.5 Å². The van der Waals surface area contributed by atoms with Crippen molar-refractivity contribution in [1.29, 1.82) is 5.41 Å². The zero-order chi connectivity index (χ0) is 30.8. The van der Waals surface area contributed by atoms with Gasteiger partial charge < -0.3 is 14.4 Å². The third-order valence-corrected chi connectivity index (χ3v) is 7.88. The summed E-state index contributed by atoms with van der Waals surface area (Å²) in [5.74, 6) is -0.849. The van der Waals surface area contributed by atoms with Gasteiger partial charge in [-0.2, -0.15) is 0 Å². The Morgan fingerprint density at radius 2 is 1.22 bits per heavy atom. The number of esters is 2. The van der Waals surface area contributed by atoms with E-state index in [-0.39, 0.29) is 30.5 Å². The minimum atomic E-state index is -4.43. The average molecular weight is 608 g/mol. The Labute approximate surface area is 249 Å². The van der Waals surface area contributed by atoms with Crippen molar-refractivity contribution in [2.24, 2.45) is 0 Å². The number of quaternary nitrogens is 1. The quantitative estimate of drug-likeness (QED) is 0.0226. The smallest absolute Gasteiger partial charge is 0.462 e. The van der Waals surface area contributed by atoms with E-state index in [2.05, 4.69) is 13.8 Å². The van der Waals surface area contributed by atoms with Gasteiger partial charge in [0.1, 0.15) is 19.8 Å². The lowest BCUT2D eigenvalue weighted by atomic mass is 10.1. The highest BCUT2D eigenvalue weighted by atomic mass is 31.2. The van der Waals surface area contributed by atoms with Gasteiger partial charge >= 0.3 is 19.8 Å². The first kappa shape index (κ1) is 39.7. The summed E-state index contributed by atoms with van der Waals surface area (Å²) in [6.45, 7) is 3.88. The maximum atomic E-state index is 12.4. The molecule has 0 aromatic rings. The largest absolute Gasteiger partial charge is 0.472 e. The molecule has 0 fully saturated rings. The lowest BCUT2D eigenvalue weighted by molar-refractivity contribution is -0.793. The van der Waals surface area contributed by atoms with Crippen LogP contribution in [0.5, 0.6) is 0 Å². The van der Waals surface area contributed by atoms with E-state index in [4.69, 9.17) is 23.9 Å². The van der Waals surface area contributed by atoms with Gasteiger partial charge in [0, 0.05) is 12.8 Å². The Morgan fingerprint density at radius 3 is 1.71 bits per heavy atom. The summed E-state index contributed by atoms with van der Waals surface area (Å²) >= 11 is 0. The molecule has 0 saturated heterocycles. The predicted molar refractivity (Wildman–Crippen MR) is 163 cm³/mol. The van der Waals surface area contributed by atoms with E-state index in [1.54, 1.807) is 14.1 Å². The molecule has 0 heterocycles. The van der Waals surface area contributed by atoms with Gasteiger partial charge in [-0.25, -0.2) is 4.57 Å². The normalized spacial score (nSPS) is 13.9. The number of hydrogen-bond acceptors (Lipinski definition) is 8. The first-order chi connectivity index (χ1) is 19.5. The van der Waals surface area contributed by atoms with Gasteiger partial charge in [-0.05, 0) is 12.8 Å². The van der Waals surface area contributed by atoms with Crippen molar-refractivity contribution in [2.45, 2.75) is 136 Å². The fourth-order valence-corrected chi connectivity index (χ4v) is 4.84. The van der Waals surface area contributed by atoms with Crippen LogP contribution in [0.15, 0.2) is 0 Å². The molecule has 41 heavy (non-hydrogen) atoms. The molecular formula is C30H60N2O8P+. The number of likely N-dealkylation sites (N-methyl/N-ethyl adjacent to an activating group) is 1. The molecule has 0 aliphatic heterocycles. The standard InChI is InChI=1S/C30H59N2O8P/c1-5-7-9-11-13-15-17-19-21-29(33)37-25-28(26-39-41(35,36)38-24-23-32(3,4)27-31)40-30(34)22-20-18-16-14-12-10-8-6-2/h27-28,31H,5-26H2,1-4H3/p+1/t28-/m0/s1. The molecule has 0 radical (unpaired) electrons. The van der Waals surface area contributed by atoms with E-state index in [0.717, 1.165) is 38.5 Å². The van der Waals surface area contributed by atoms with E-state index in [1.165, 1.54) is 64.1 Å². The second-order valence-electron chi connectivity index (χ2n) is 11.5. The molecule has 0 aliphatic carbocycles. The van der Waals surface area contributed by atoms with Gasteiger partial charge in [-0.15, -0.1) is 0 Å². The maximum Gasteiger partial charge on any atom is 0.472 e. The molecule has 1 unspecified atom stereocenters. The third-order valence-electron chi connectivity index (χ3n) is 6.89. The molecule has 0 spiro atoms. The molecule has 0 amide bonds. The minimum Gasteiger partial charge on any atom is -0.462 e. The molecule has 242 valence electrons. The fourth-order valence-electron chi connectivity index (χ4n) is 4.10. The van der Waals surface area contributed by atoms with Crippen LogP contribution in [0.3, 0.4) is 0 Å². The molecule has 2 N–H and O–H groups in total. The molecule has 0 rings (SSSR count). The maximum absolute atomic E-state index is 12.4. The van der Waals surface area contributed by atoms with E-state index < -0.39 is 32.5 Å². The molecule has 0 aliphatic rings. The van der Waals surface area contributed by atoms with Crippen molar-refractivity contribution in [3.05, 3.63) is 0 Å². The summed E-state index contributed by atoms with van der Waals surface area (Å²) in [4.78, 5) is 34.8. The van der Waals surface area contributed by atoms with Crippen molar-refractivity contribution < 1.29 is 42.1 Å². The lowest BCUT2D eigenvalue weighted by Crippen LogP contribution is -2.40. The highest BCUT2D eigenvalue weighted by Gasteiger charge is 2.27. The van der Waals surface area contributed by atoms with E-state index in [0.29, 0.717) is 13.0 Å². The number of phosphoric ester groups is 1. The Kier molecular flexibility index (Phi) is 24.4. The van der Waals surface area contributed by atoms with Gasteiger partial charge in [0.05, 0.1) is 20.7 Å². The van der Waals surface area contributed by atoms with Crippen LogP contribution in [0.2, 0.25) is 0 Å². The Balaban J connectivity index is 4.60. The number of unbranched alkanes of at least 4 members (excludes halogenated alkanes) is 14. The monoisotopic (exact) mass is 607 g/mol. The van der Waals surface area contributed by atoms with Gasteiger partial charge in [-0.3, -0.25) is 28.5 Å². The van der Waals surface area contributed by atoms with Crippen LogP contribution in [0, 0.1) is 5.41 Å². The topological polar surface area (TPSA) is 132 Å². The molecule has 10 nitrogen and oxygen atoms in total. The van der Waals surface area contributed by atoms with E-state index >= 15 is 0 Å². The second-order valence-corrected chi connectivity index (χ2v) is 12.9. The summed E-state index contributed by atoms with van der Waals surface area (Å²) in [6, 6.07) is 0. The van der Waals surface area contributed by atoms with Crippen LogP contribution >= 0.6 is 7.82 Å². The minimum absolute atomic E-state index is 0.105. The molecule has 0 bridgehead atoms. The van der Waals surface area contributed by atoms with Crippen LogP contribution in [0.4, 0.5) is 0 Å². The molecule has 0 aromatic carbocycles. The van der Waals surface area contributed by atoms with Crippen molar-refractivity contribution in [1.82, 2.24) is 0 Å². The zero-order valence-electron chi connectivity index (χ0n) is 26.4. The van der Waals surface area contributed by atoms with E-state index in [9.17, 15) is 19.0 Å². The van der Waals surface area contributed by atoms with Crippen LogP contribution < -0.4 is 0 Å². The third kappa shape index (κ3) is 26.1. The summed E-state index contributed by atoms with van der Waals surface area (Å²) in [7, 11) is -0.922. The van der Waals surface area contributed by atoms with Crippen molar-refractivity contribution in [3.8, 4) is 0 Å². The van der Waals surface area contributed by atoms with Crippen molar-refractivity contribution >= 4 is 26.1 Å². The van der Waals surface area contributed by atoms with Crippen LogP contribution in [-0.2, 0) is 32.7 Å². The Hall–Kier alpha value is -1.32. The highest BCUT2D eigenvalue weighted by molar-refractivity contribution is 7.47. The molecule has 0 aromatic heterocycles. The van der Waals surface area contributed by atoms with Crippen LogP contribution in [-0.4, -0.2) is 74.2 Å². The second kappa shape index (κ2) is 25.2. The Bertz CT molecular complexity index is 735. The fraction of sp³-hybridized carbons (Fsp3) is 0.900. The zero-order valence-corrected chi connectivity index (χ0v) is 27.3. The molecule has 2 atom stereocenters. The predicted octanol–water partition coefficient (Wildman–Crippen LogP) is 7.32. The highest BCUT2D eigenvalue weighted by Crippen LogP contribution is 2.43. The first-order valence-electron chi connectivity index (χ1n) is 15.9. The molecule has 11 heteroatoms. The summed E-state index contributed by atoms with van der Waals surface area (Å²) in [5, 5.41) is 7.36. The van der Waals surface area contributed by atoms with Crippen LogP contribution in [0.1, 0.15) is 129 Å². The van der Waals surface area contributed by atoms with E-state index in [1.807, 2.05) is 0 Å². The van der Waals surface area contributed by atoms with Gasteiger partial charge in [0.15, 0.2) is 12.4 Å². The van der Waals surface area contributed by atoms with Gasteiger partial charge in [0.25, 0.3) is 0 Å². The lowest BCUT2D eigenvalue weighted by Gasteiger charge is -2.23. The van der Waals surface area contributed by atoms with Crippen molar-refractivity contribution in [3.63, 3.8) is 0 Å². The first-order valence-corrected chi connectivity index (χ1v) is 17.4. The number of rotatable bonds is 29. The van der Waals surface area contributed by atoms with Gasteiger partial charge in [-0.1, -0.05) is 104 Å². The number of phosphoric acid groups is 1. The summed E-state index contributed by atoms with van der Waals surface area (Å²) in [6.07, 6.45) is 18.4. The average Bonchev–Trinajstić information content (AvgIpc) is 2.93.